The Balaban J connectivity index is 2.13. The maximum Gasteiger partial charge on any atom is 0.242 e. The Hall–Kier alpha value is -2.13. The summed E-state index contributed by atoms with van der Waals surface area (Å²) in [5.74, 6) is 0.235. The van der Waals surface area contributed by atoms with Crippen LogP contribution in [-0.2, 0) is 10.2 Å². The van der Waals surface area contributed by atoms with Gasteiger partial charge < -0.3 is 9.80 Å². The Morgan fingerprint density at radius 1 is 0.923 bits per heavy atom. The summed E-state index contributed by atoms with van der Waals surface area (Å²) in [6.07, 6.45) is 1.77. The van der Waals surface area contributed by atoms with Gasteiger partial charge in [0.1, 0.15) is 5.41 Å². The first-order valence-electron chi connectivity index (χ1n) is 9.88. The van der Waals surface area contributed by atoms with Crippen molar-refractivity contribution in [3.05, 3.63) is 65.7 Å². The molecule has 0 aliphatic carbocycles. The van der Waals surface area contributed by atoms with Crippen LogP contribution in [0.1, 0.15) is 44.7 Å². The second-order valence-corrected chi connectivity index (χ2v) is 7.02. The minimum Gasteiger partial charge on any atom is -0.311 e. The molecule has 26 heavy (non-hydrogen) atoms. The van der Waals surface area contributed by atoms with Gasteiger partial charge in [0, 0.05) is 12.2 Å². The maximum absolute atomic E-state index is 13.8. The summed E-state index contributed by atoms with van der Waals surface area (Å²) in [6, 6.07) is 18.7. The van der Waals surface area contributed by atoms with Crippen LogP contribution in [0, 0.1) is 0 Å². The molecule has 1 amide bonds. The normalized spacial score (nSPS) is 19.2. The van der Waals surface area contributed by atoms with Crippen molar-refractivity contribution >= 4 is 11.6 Å². The van der Waals surface area contributed by atoms with Crippen molar-refractivity contribution in [2.24, 2.45) is 0 Å². The smallest absolute Gasteiger partial charge is 0.242 e. The molecular weight excluding hydrogens is 320 g/mol. The third-order valence-electron chi connectivity index (χ3n) is 5.68. The summed E-state index contributed by atoms with van der Waals surface area (Å²) in [7, 11) is 0. The number of rotatable bonds is 8. The predicted molar refractivity (Wildman–Crippen MR) is 109 cm³/mol. The fourth-order valence-corrected chi connectivity index (χ4v) is 4.22. The first-order valence-corrected chi connectivity index (χ1v) is 9.88. The summed E-state index contributed by atoms with van der Waals surface area (Å²) in [5, 5.41) is 0. The van der Waals surface area contributed by atoms with E-state index in [9.17, 15) is 4.79 Å². The average molecular weight is 351 g/mol. The third kappa shape index (κ3) is 3.05. The van der Waals surface area contributed by atoms with Crippen LogP contribution in [0.4, 0.5) is 5.69 Å². The van der Waals surface area contributed by atoms with E-state index in [0.717, 1.165) is 55.8 Å². The highest BCUT2D eigenvalue weighted by atomic mass is 16.2. The monoisotopic (exact) mass is 350 g/mol. The topological polar surface area (TPSA) is 23.6 Å². The molecular formula is C23H30N2O. The van der Waals surface area contributed by atoms with Gasteiger partial charge in [-0.3, -0.25) is 4.79 Å². The highest BCUT2D eigenvalue weighted by Crippen LogP contribution is 2.48. The minimum atomic E-state index is -0.574. The zero-order valence-electron chi connectivity index (χ0n) is 16.2. The van der Waals surface area contributed by atoms with Crippen LogP contribution in [0.25, 0.3) is 0 Å². The van der Waals surface area contributed by atoms with E-state index in [0.29, 0.717) is 0 Å². The number of amides is 1. The summed E-state index contributed by atoms with van der Waals surface area (Å²) in [6.45, 7) is 10.2. The van der Waals surface area contributed by atoms with E-state index in [4.69, 9.17) is 0 Å². The van der Waals surface area contributed by atoms with Crippen LogP contribution in [0.15, 0.2) is 54.6 Å². The SMILES string of the molecule is CCCN1C(=O)C(CCN(CC)CC)(c2ccccc2)c2ccccc21. The molecule has 3 heteroatoms. The van der Waals surface area contributed by atoms with Crippen LogP contribution >= 0.6 is 0 Å². The van der Waals surface area contributed by atoms with E-state index in [1.165, 1.54) is 0 Å². The first-order chi connectivity index (χ1) is 12.7. The Morgan fingerprint density at radius 3 is 2.23 bits per heavy atom. The number of carbonyl (C=O) groups excluding carboxylic acids is 1. The molecule has 0 radical (unpaired) electrons. The summed E-state index contributed by atoms with van der Waals surface area (Å²) in [5.41, 5.74) is 2.79. The van der Waals surface area contributed by atoms with Gasteiger partial charge in [-0.05, 0) is 49.7 Å². The summed E-state index contributed by atoms with van der Waals surface area (Å²) >= 11 is 0. The van der Waals surface area contributed by atoms with Gasteiger partial charge in [0.05, 0.1) is 0 Å². The van der Waals surface area contributed by atoms with Gasteiger partial charge in [0.2, 0.25) is 5.91 Å². The fraction of sp³-hybridized carbons (Fsp3) is 0.435. The molecule has 138 valence electrons. The molecule has 0 bridgehead atoms. The number of carbonyl (C=O) groups is 1. The van der Waals surface area contributed by atoms with Crippen molar-refractivity contribution in [3.8, 4) is 0 Å². The lowest BCUT2D eigenvalue weighted by Crippen LogP contribution is -2.44. The van der Waals surface area contributed by atoms with Gasteiger partial charge >= 0.3 is 0 Å². The molecule has 0 fully saturated rings. The highest BCUT2D eigenvalue weighted by molar-refractivity contribution is 6.10. The number of anilines is 1. The van der Waals surface area contributed by atoms with Gasteiger partial charge in [0.15, 0.2) is 0 Å². The highest BCUT2D eigenvalue weighted by Gasteiger charge is 2.51. The second kappa shape index (κ2) is 8.05. The van der Waals surface area contributed by atoms with Crippen LogP contribution < -0.4 is 4.90 Å². The Bertz CT molecular complexity index is 739. The van der Waals surface area contributed by atoms with E-state index in [2.05, 4.69) is 56.0 Å². The number of benzene rings is 2. The molecule has 1 aliphatic heterocycles. The van der Waals surface area contributed by atoms with Crippen molar-refractivity contribution in [2.45, 2.75) is 39.0 Å². The molecule has 0 aromatic heterocycles. The van der Waals surface area contributed by atoms with Crippen molar-refractivity contribution in [1.82, 2.24) is 4.90 Å². The molecule has 2 aromatic carbocycles. The molecule has 0 spiro atoms. The van der Waals surface area contributed by atoms with Crippen molar-refractivity contribution < 1.29 is 4.79 Å². The van der Waals surface area contributed by atoms with Crippen LogP contribution in [0.3, 0.4) is 0 Å². The lowest BCUT2D eigenvalue weighted by Gasteiger charge is -2.32. The van der Waals surface area contributed by atoms with Crippen LogP contribution in [-0.4, -0.2) is 37.0 Å². The Kier molecular flexibility index (Phi) is 5.77. The summed E-state index contributed by atoms with van der Waals surface area (Å²) in [4.78, 5) is 18.2. The third-order valence-corrected chi connectivity index (χ3v) is 5.68. The molecule has 3 rings (SSSR count). The molecule has 1 aliphatic rings. The van der Waals surface area contributed by atoms with Gasteiger partial charge in [-0.15, -0.1) is 0 Å². The predicted octanol–water partition coefficient (Wildman–Crippen LogP) is 4.46. The van der Waals surface area contributed by atoms with Crippen LogP contribution in [0.5, 0.6) is 0 Å². The first kappa shape index (κ1) is 18.7. The minimum absolute atomic E-state index is 0.235. The van der Waals surface area contributed by atoms with E-state index in [1.54, 1.807) is 0 Å². The van der Waals surface area contributed by atoms with Crippen LogP contribution in [0.2, 0.25) is 0 Å². The zero-order valence-corrected chi connectivity index (χ0v) is 16.2. The average Bonchev–Trinajstić information content (AvgIpc) is 2.93. The molecule has 1 unspecified atom stereocenters. The van der Waals surface area contributed by atoms with Crippen molar-refractivity contribution in [2.75, 3.05) is 31.1 Å². The maximum atomic E-state index is 13.8. The summed E-state index contributed by atoms with van der Waals surface area (Å²) < 4.78 is 0. The van der Waals surface area contributed by atoms with E-state index >= 15 is 0 Å². The molecule has 2 aromatic rings. The number of para-hydroxylation sites is 1. The quantitative estimate of drug-likeness (QED) is 0.702. The lowest BCUT2D eigenvalue weighted by atomic mass is 9.72. The number of hydrogen-bond donors (Lipinski definition) is 0. The molecule has 0 saturated heterocycles. The number of fused-ring (bicyclic) bond motifs is 1. The molecule has 0 N–H and O–H groups in total. The zero-order chi connectivity index (χ0) is 18.6. The van der Waals surface area contributed by atoms with E-state index in [-0.39, 0.29) is 5.91 Å². The van der Waals surface area contributed by atoms with E-state index < -0.39 is 5.41 Å². The Labute approximate surface area is 157 Å². The Morgan fingerprint density at radius 2 is 1.58 bits per heavy atom. The molecule has 0 saturated carbocycles. The fourth-order valence-electron chi connectivity index (χ4n) is 4.22. The van der Waals surface area contributed by atoms with Gasteiger partial charge in [-0.25, -0.2) is 0 Å². The molecule has 3 nitrogen and oxygen atoms in total. The van der Waals surface area contributed by atoms with Gasteiger partial charge in [-0.1, -0.05) is 69.3 Å². The van der Waals surface area contributed by atoms with Gasteiger partial charge in [0.25, 0.3) is 0 Å². The van der Waals surface area contributed by atoms with Crippen molar-refractivity contribution in [3.63, 3.8) is 0 Å². The molecule has 1 atom stereocenters. The van der Waals surface area contributed by atoms with E-state index in [1.807, 2.05) is 29.2 Å². The lowest BCUT2D eigenvalue weighted by molar-refractivity contribution is -0.122. The second-order valence-electron chi connectivity index (χ2n) is 7.02. The number of nitrogens with zero attached hydrogens (tertiary/aromatic N) is 2. The number of hydrogen-bond acceptors (Lipinski definition) is 2. The largest absolute Gasteiger partial charge is 0.311 e. The molecule has 1 heterocycles. The standard InChI is InChI=1S/C23H30N2O/c1-4-17-25-21-15-11-10-14-20(21)23(22(25)26,16-18-24(5-2)6-3)19-12-8-7-9-13-19/h7-15H,4-6,16-18H2,1-3H3. The van der Waals surface area contributed by atoms with Gasteiger partial charge in [-0.2, -0.15) is 0 Å². The van der Waals surface area contributed by atoms with Crippen molar-refractivity contribution in [1.29, 1.82) is 0 Å².